The topological polar surface area (TPSA) is 92.8 Å². The molecular formula is C23H22Cl2N2O5. The summed E-state index contributed by atoms with van der Waals surface area (Å²) >= 11 is 11.7. The van der Waals surface area contributed by atoms with Gasteiger partial charge >= 0.3 is 5.97 Å². The van der Waals surface area contributed by atoms with Gasteiger partial charge in [-0.05, 0) is 42.8 Å². The molecule has 1 heterocycles. The molecule has 0 aliphatic carbocycles. The molecule has 2 aromatic carbocycles. The Bertz CT molecular complexity index is 1030. The summed E-state index contributed by atoms with van der Waals surface area (Å²) in [7, 11) is 0. The molecule has 1 saturated heterocycles. The third-order valence-electron chi connectivity index (χ3n) is 5.14. The van der Waals surface area contributed by atoms with Crippen molar-refractivity contribution in [3.63, 3.8) is 0 Å². The maximum Gasteiger partial charge on any atom is 0.312 e. The Morgan fingerprint density at radius 3 is 2.50 bits per heavy atom. The molecule has 32 heavy (non-hydrogen) atoms. The van der Waals surface area contributed by atoms with Crippen molar-refractivity contribution in [2.75, 3.05) is 12.4 Å². The minimum atomic E-state index is -1.08. The Hall–Kier alpha value is -2.90. The molecule has 168 valence electrons. The van der Waals surface area contributed by atoms with Crippen LogP contribution in [0.2, 0.25) is 5.02 Å². The number of hydrogen-bond acceptors (Lipinski definition) is 5. The first-order valence-electron chi connectivity index (χ1n) is 10.0. The van der Waals surface area contributed by atoms with Gasteiger partial charge in [0.25, 0.3) is 5.91 Å². The van der Waals surface area contributed by atoms with Crippen molar-refractivity contribution in [3.05, 3.63) is 70.2 Å². The fraction of sp³-hybridized carbons (Fsp3) is 0.304. The quantitative estimate of drug-likeness (QED) is 0.357. The van der Waals surface area contributed by atoms with E-state index in [1.54, 1.807) is 49.4 Å². The van der Waals surface area contributed by atoms with Gasteiger partial charge in [0, 0.05) is 34.9 Å². The third-order valence-corrected chi connectivity index (χ3v) is 5.61. The number of amides is 2. The van der Waals surface area contributed by atoms with Crippen molar-refractivity contribution < 1.29 is 23.9 Å². The monoisotopic (exact) mass is 476 g/mol. The summed E-state index contributed by atoms with van der Waals surface area (Å²) < 4.78 is 5.43. The number of nitrogens with one attached hydrogen (secondary N) is 1. The molecule has 0 radical (unpaired) electrons. The smallest absolute Gasteiger partial charge is 0.312 e. The second-order valence-electron chi connectivity index (χ2n) is 7.44. The second kappa shape index (κ2) is 10.6. The Morgan fingerprint density at radius 2 is 1.84 bits per heavy atom. The van der Waals surface area contributed by atoms with E-state index < -0.39 is 35.6 Å². The standard InChI is InChI=1S/C23H22Cl2N2O5/c1-14-4-2-3-5-18(14)22(30)26-27-13-16(12-20(27)28)23(31)32-19(10-11-24)21(29)15-6-8-17(25)9-7-15/h2-9,16,19H,10-13H2,1H3,(H,26,30)/t16-,19+/m0/s1. The lowest BCUT2D eigenvalue weighted by Gasteiger charge is -2.20. The van der Waals surface area contributed by atoms with Crippen LogP contribution in [0.15, 0.2) is 48.5 Å². The maximum atomic E-state index is 12.7. The second-order valence-corrected chi connectivity index (χ2v) is 8.25. The van der Waals surface area contributed by atoms with Gasteiger partial charge in [0.2, 0.25) is 11.7 Å². The zero-order valence-electron chi connectivity index (χ0n) is 17.3. The number of benzene rings is 2. The van der Waals surface area contributed by atoms with Gasteiger partial charge in [-0.25, -0.2) is 0 Å². The summed E-state index contributed by atoms with van der Waals surface area (Å²) in [6.45, 7) is 1.74. The minimum absolute atomic E-state index is 0.0436. The first kappa shape index (κ1) is 23.8. The average Bonchev–Trinajstić information content (AvgIpc) is 3.14. The predicted octanol–water partition coefficient (Wildman–Crippen LogP) is 3.57. The number of alkyl halides is 1. The van der Waals surface area contributed by atoms with E-state index >= 15 is 0 Å². The third kappa shape index (κ3) is 5.66. The molecule has 3 rings (SSSR count). The Balaban J connectivity index is 1.63. The lowest BCUT2D eigenvalue weighted by atomic mass is 10.0. The van der Waals surface area contributed by atoms with Gasteiger partial charge < -0.3 is 4.74 Å². The van der Waals surface area contributed by atoms with Crippen molar-refractivity contribution in [2.24, 2.45) is 5.92 Å². The number of hydrogen-bond donors (Lipinski definition) is 1. The van der Waals surface area contributed by atoms with Gasteiger partial charge in [0.1, 0.15) is 0 Å². The van der Waals surface area contributed by atoms with Crippen LogP contribution in [0.5, 0.6) is 0 Å². The van der Waals surface area contributed by atoms with Crippen molar-refractivity contribution in [2.45, 2.75) is 25.9 Å². The number of esters is 1. The number of Topliss-reactive ketones (excluding diaryl/α,β-unsaturated/α-hetero) is 1. The summed E-state index contributed by atoms with van der Waals surface area (Å²) in [4.78, 5) is 50.3. The molecule has 0 unspecified atom stereocenters. The van der Waals surface area contributed by atoms with Crippen LogP contribution in [0.3, 0.4) is 0 Å². The van der Waals surface area contributed by atoms with E-state index in [0.717, 1.165) is 10.6 Å². The summed E-state index contributed by atoms with van der Waals surface area (Å²) in [5.41, 5.74) is 4.07. The summed E-state index contributed by atoms with van der Waals surface area (Å²) in [6.07, 6.45) is -1.08. The maximum absolute atomic E-state index is 12.7. The highest BCUT2D eigenvalue weighted by molar-refractivity contribution is 6.30. The van der Waals surface area contributed by atoms with Crippen molar-refractivity contribution in [3.8, 4) is 0 Å². The summed E-state index contributed by atoms with van der Waals surface area (Å²) in [6, 6.07) is 13.2. The Kier molecular flexibility index (Phi) is 7.88. The zero-order valence-corrected chi connectivity index (χ0v) is 18.9. The number of carbonyl (C=O) groups excluding carboxylic acids is 4. The van der Waals surface area contributed by atoms with Crippen LogP contribution in [0.1, 0.15) is 39.1 Å². The van der Waals surface area contributed by atoms with Crippen LogP contribution in [0, 0.1) is 12.8 Å². The Morgan fingerprint density at radius 1 is 1.16 bits per heavy atom. The molecule has 1 aliphatic rings. The highest BCUT2D eigenvalue weighted by Gasteiger charge is 2.38. The number of carbonyl (C=O) groups is 4. The normalized spacial score (nSPS) is 16.5. The number of aryl methyl sites for hydroxylation is 1. The van der Waals surface area contributed by atoms with Gasteiger partial charge in [-0.3, -0.25) is 29.6 Å². The molecule has 1 aliphatic heterocycles. The summed E-state index contributed by atoms with van der Waals surface area (Å²) in [5, 5.41) is 1.59. The van der Waals surface area contributed by atoms with E-state index in [2.05, 4.69) is 5.43 Å². The molecule has 1 fully saturated rings. The highest BCUT2D eigenvalue weighted by atomic mass is 35.5. The number of ketones is 1. The molecule has 7 nitrogen and oxygen atoms in total. The van der Waals surface area contributed by atoms with E-state index in [4.69, 9.17) is 27.9 Å². The zero-order chi connectivity index (χ0) is 23.3. The van der Waals surface area contributed by atoms with Crippen molar-refractivity contribution in [1.29, 1.82) is 0 Å². The van der Waals surface area contributed by atoms with Crippen molar-refractivity contribution >= 4 is 46.8 Å². The van der Waals surface area contributed by atoms with Gasteiger partial charge in [0.15, 0.2) is 6.10 Å². The molecule has 0 aromatic heterocycles. The molecule has 9 heteroatoms. The van der Waals surface area contributed by atoms with E-state index in [9.17, 15) is 19.2 Å². The minimum Gasteiger partial charge on any atom is -0.454 e. The number of nitrogens with zero attached hydrogens (tertiary/aromatic N) is 1. The molecule has 1 N–H and O–H groups in total. The first-order chi connectivity index (χ1) is 15.3. The SMILES string of the molecule is Cc1ccccc1C(=O)NN1C[C@@H](C(=O)O[C@H](CCCl)C(=O)c2ccc(Cl)cc2)CC1=O. The van der Waals surface area contributed by atoms with E-state index in [1.807, 2.05) is 6.07 Å². The molecule has 0 spiro atoms. The fourth-order valence-electron chi connectivity index (χ4n) is 3.36. The first-order valence-corrected chi connectivity index (χ1v) is 10.9. The van der Waals surface area contributed by atoms with Crippen LogP contribution < -0.4 is 5.43 Å². The number of ether oxygens (including phenoxy) is 1. The van der Waals surface area contributed by atoms with Crippen LogP contribution in [0.4, 0.5) is 0 Å². The number of halogens is 2. The molecule has 2 amide bonds. The van der Waals surface area contributed by atoms with Crippen LogP contribution >= 0.6 is 23.2 Å². The van der Waals surface area contributed by atoms with Gasteiger partial charge in [0.05, 0.1) is 12.5 Å². The lowest BCUT2D eigenvalue weighted by Crippen LogP contribution is -2.44. The largest absolute Gasteiger partial charge is 0.454 e. The molecule has 2 atom stereocenters. The fourth-order valence-corrected chi connectivity index (χ4v) is 3.69. The van der Waals surface area contributed by atoms with E-state index in [1.165, 1.54) is 0 Å². The number of hydrazine groups is 1. The van der Waals surface area contributed by atoms with Crippen LogP contribution in [-0.2, 0) is 14.3 Å². The van der Waals surface area contributed by atoms with Crippen LogP contribution in [0.25, 0.3) is 0 Å². The van der Waals surface area contributed by atoms with E-state index in [-0.39, 0.29) is 25.3 Å². The Labute approximate surface area is 195 Å². The summed E-state index contributed by atoms with van der Waals surface area (Å²) in [5.74, 6) is -2.64. The predicted molar refractivity (Wildman–Crippen MR) is 119 cm³/mol. The molecule has 2 aromatic rings. The average molecular weight is 477 g/mol. The van der Waals surface area contributed by atoms with Crippen LogP contribution in [-0.4, -0.2) is 47.1 Å². The molecule has 0 saturated carbocycles. The van der Waals surface area contributed by atoms with Gasteiger partial charge in [-0.2, -0.15) is 0 Å². The highest BCUT2D eigenvalue weighted by Crippen LogP contribution is 2.21. The van der Waals surface area contributed by atoms with Gasteiger partial charge in [-0.1, -0.05) is 29.8 Å². The molecule has 0 bridgehead atoms. The van der Waals surface area contributed by atoms with Gasteiger partial charge in [-0.15, -0.1) is 11.6 Å². The van der Waals surface area contributed by atoms with Crippen molar-refractivity contribution in [1.82, 2.24) is 10.4 Å². The lowest BCUT2D eigenvalue weighted by molar-refractivity contribution is -0.151. The van der Waals surface area contributed by atoms with E-state index in [0.29, 0.717) is 16.1 Å². The number of rotatable bonds is 8. The molecular weight excluding hydrogens is 455 g/mol.